The maximum atomic E-state index is 12.7. The van der Waals surface area contributed by atoms with E-state index in [1.807, 2.05) is 29.2 Å². The molecule has 1 aliphatic rings. The summed E-state index contributed by atoms with van der Waals surface area (Å²) in [6.45, 7) is 1.58. The minimum absolute atomic E-state index is 0.0501. The number of aromatic nitrogens is 1. The first kappa shape index (κ1) is 19.7. The fourth-order valence-electron chi connectivity index (χ4n) is 3.93. The van der Waals surface area contributed by atoms with Gasteiger partial charge in [0.25, 0.3) is 11.6 Å². The van der Waals surface area contributed by atoms with E-state index in [2.05, 4.69) is 10.3 Å². The summed E-state index contributed by atoms with van der Waals surface area (Å²) in [5.41, 5.74) is 3.59. The Bertz CT molecular complexity index is 1270. The number of anilines is 2. The summed E-state index contributed by atoms with van der Waals surface area (Å²) in [6.07, 6.45) is 2.03. The number of nitrogens with one attached hydrogen (secondary N) is 1. The van der Waals surface area contributed by atoms with Crippen LogP contribution in [0.4, 0.5) is 17.1 Å². The van der Waals surface area contributed by atoms with Crippen LogP contribution in [-0.2, 0) is 0 Å². The summed E-state index contributed by atoms with van der Waals surface area (Å²) >= 11 is 0. The lowest BCUT2D eigenvalue weighted by molar-refractivity contribution is -0.384. The second-order valence-corrected chi connectivity index (χ2v) is 7.67. The number of fused-ring (bicyclic) bond motifs is 1. The van der Waals surface area contributed by atoms with Gasteiger partial charge < -0.3 is 14.6 Å². The standard InChI is InChI=1S/C24H20N4O4/c29-23(17-9-12-20(21(15-17)28(30)31)27-13-3-4-14-27)25-18-10-7-16(8-11-18)24-26-19-5-1-2-6-22(19)32-24/h1-2,5-12,15H,3-4,13-14H2,(H,25,29). The Hall–Kier alpha value is -4.20. The number of carbonyl (C=O) groups is 1. The van der Waals surface area contributed by atoms with Crippen LogP contribution in [-0.4, -0.2) is 28.9 Å². The topological polar surface area (TPSA) is 102 Å². The molecular formula is C24H20N4O4. The zero-order valence-corrected chi connectivity index (χ0v) is 17.2. The van der Waals surface area contributed by atoms with Crippen molar-refractivity contribution in [3.05, 3.63) is 82.4 Å². The molecule has 8 heteroatoms. The quantitative estimate of drug-likeness (QED) is 0.344. The van der Waals surface area contributed by atoms with Gasteiger partial charge in [-0.2, -0.15) is 0 Å². The van der Waals surface area contributed by atoms with Crippen LogP contribution in [0.2, 0.25) is 0 Å². The van der Waals surface area contributed by atoms with Crippen LogP contribution in [0.25, 0.3) is 22.6 Å². The Kier molecular flexibility index (Phi) is 5.03. The number of amides is 1. The van der Waals surface area contributed by atoms with Gasteiger partial charge in [0.2, 0.25) is 5.89 Å². The Labute approximate surface area is 183 Å². The van der Waals surface area contributed by atoms with Gasteiger partial charge in [-0.3, -0.25) is 14.9 Å². The maximum absolute atomic E-state index is 12.7. The van der Waals surface area contributed by atoms with E-state index in [1.54, 1.807) is 36.4 Å². The number of nitro benzene ring substituents is 1. The molecule has 0 saturated carbocycles. The van der Waals surface area contributed by atoms with Gasteiger partial charge in [-0.25, -0.2) is 4.98 Å². The number of carbonyl (C=O) groups excluding carboxylic acids is 1. The molecule has 0 atom stereocenters. The van der Waals surface area contributed by atoms with Crippen molar-refractivity contribution in [3.63, 3.8) is 0 Å². The van der Waals surface area contributed by atoms with Crippen LogP contribution < -0.4 is 10.2 Å². The van der Waals surface area contributed by atoms with E-state index in [1.165, 1.54) is 6.07 Å². The molecule has 4 aromatic rings. The van der Waals surface area contributed by atoms with E-state index in [4.69, 9.17) is 4.42 Å². The number of para-hydroxylation sites is 2. The molecule has 0 bridgehead atoms. The molecule has 0 unspecified atom stereocenters. The summed E-state index contributed by atoms with van der Waals surface area (Å²) < 4.78 is 5.77. The highest BCUT2D eigenvalue weighted by Crippen LogP contribution is 2.32. The van der Waals surface area contributed by atoms with Gasteiger partial charge in [0.05, 0.1) is 4.92 Å². The van der Waals surface area contributed by atoms with Gasteiger partial charge in [0.1, 0.15) is 11.2 Å². The molecular weight excluding hydrogens is 408 g/mol. The van der Waals surface area contributed by atoms with Crippen LogP contribution in [0, 0.1) is 10.1 Å². The molecule has 8 nitrogen and oxygen atoms in total. The van der Waals surface area contributed by atoms with E-state index in [9.17, 15) is 14.9 Å². The van der Waals surface area contributed by atoms with Crippen LogP contribution >= 0.6 is 0 Å². The van der Waals surface area contributed by atoms with E-state index in [0.717, 1.165) is 37.0 Å². The van der Waals surface area contributed by atoms with Crippen molar-refractivity contribution in [2.75, 3.05) is 23.3 Å². The first-order chi connectivity index (χ1) is 15.6. The molecule has 32 heavy (non-hydrogen) atoms. The summed E-state index contributed by atoms with van der Waals surface area (Å²) in [5.74, 6) is 0.0906. The zero-order valence-electron chi connectivity index (χ0n) is 17.2. The molecule has 1 fully saturated rings. The summed E-state index contributed by atoms with van der Waals surface area (Å²) in [5, 5.41) is 14.4. The van der Waals surface area contributed by atoms with Crippen LogP contribution in [0.3, 0.4) is 0 Å². The Balaban J connectivity index is 1.34. The van der Waals surface area contributed by atoms with Crippen LogP contribution in [0.5, 0.6) is 0 Å². The van der Waals surface area contributed by atoms with E-state index < -0.39 is 10.8 Å². The Morgan fingerprint density at radius 3 is 2.50 bits per heavy atom. The van der Waals surface area contributed by atoms with E-state index in [0.29, 0.717) is 22.8 Å². The van der Waals surface area contributed by atoms with Crippen LogP contribution in [0.15, 0.2) is 71.1 Å². The van der Waals surface area contributed by atoms with Gasteiger partial charge in [-0.05, 0) is 61.4 Å². The molecule has 1 saturated heterocycles. The smallest absolute Gasteiger partial charge is 0.293 e. The molecule has 1 aromatic heterocycles. The first-order valence-corrected chi connectivity index (χ1v) is 10.4. The number of hydrogen-bond acceptors (Lipinski definition) is 6. The predicted molar refractivity (Wildman–Crippen MR) is 122 cm³/mol. The number of hydrogen-bond donors (Lipinski definition) is 1. The van der Waals surface area contributed by atoms with Gasteiger partial charge in [-0.1, -0.05) is 12.1 Å². The summed E-state index contributed by atoms with van der Waals surface area (Å²) in [7, 11) is 0. The van der Waals surface area contributed by atoms with E-state index in [-0.39, 0.29) is 11.3 Å². The van der Waals surface area contributed by atoms with Crippen molar-refractivity contribution in [1.82, 2.24) is 4.98 Å². The molecule has 3 aromatic carbocycles. The predicted octanol–water partition coefficient (Wildman–Crippen LogP) is 5.26. The molecule has 1 amide bonds. The highest BCUT2D eigenvalue weighted by molar-refractivity contribution is 6.05. The van der Waals surface area contributed by atoms with Gasteiger partial charge in [0.15, 0.2) is 5.58 Å². The van der Waals surface area contributed by atoms with Crippen molar-refractivity contribution >= 4 is 34.1 Å². The summed E-state index contributed by atoms with van der Waals surface area (Å²) in [6, 6.07) is 19.3. The second kappa shape index (κ2) is 8.14. The maximum Gasteiger partial charge on any atom is 0.293 e. The number of nitro groups is 1. The third-order valence-electron chi connectivity index (χ3n) is 5.56. The molecule has 0 radical (unpaired) electrons. The molecule has 1 N–H and O–H groups in total. The van der Waals surface area contributed by atoms with Crippen molar-refractivity contribution < 1.29 is 14.1 Å². The lowest BCUT2D eigenvalue weighted by atomic mass is 10.1. The number of benzene rings is 3. The van der Waals surface area contributed by atoms with Crippen molar-refractivity contribution in [3.8, 4) is 11.5 Å². The minimum atomic E-state index is -0.431. The zero-order chi connectivity index (χ0) is 22.1. The van der Waals surface area contributed by atoms with Gasteiger partial charge in [0, 0.05) is 36.0 Å². The minimum Gasteiger partial charge on any atom is -0.436 e. The molecule has 2 heterocycles. The van der Waals surface area contributed by atoms with Crippen molar-refractivity contribution in [1.29, 1.82) is 0 Å². The van der Waals surface area contributed by atoms with Gasteiger partial charge >= 0.3 is 0 Å². The molecule has 1 aliphatic heterocycles. The molecule has 5 rings (SSSR count). The molecule has 160 valence electrons. The third-order valence-corrected chi connectivity index (χ3v) is 5.56. The Morgan fingerprint density at radius 2 is 1.78 bits per heavy atom. The van der Waals surface area contributed by atoms with Crippen LogP contribution in [0.1, 0.15) is 23.2 Å². The normalized spacial score (nSPS) is 13.4. The molecule has 0 aliphatic carbocycles. The Morgan fingerprint density at radius 1 is 1.03 bits per heavy atom. The highest BCUT2D eigenvalue weighted by Gasteiger charge is 2.24. The number of nitrogens with zero attached hydrogens (tertiary/aromatic N) is 3. The van der Waals surface area contributed by atoms with Gasteiger partial charge in [-0.15, -0.1) is 0 Å². The average Bonchev–Trinajstić information content (AvgIpc) is 3.49. The molecule has 0 spiro atoms. The van der Waals surface area contributed by atoms with E-state index >= 15 is 0 Å². The highest BCUT2D eigenvalue weighted by atomic mass is 16.6. The lowest BCUT2D eigenvalue weighted by Gasteiger charge is -2.17. The van der Waals surface area contributed by atoms with Crippen molar-refractivity contribution in [2.45, 2.75) is 12.8 Å². The number of rotatable bonds is 5. The SMILES string of the molecule is O=C(Nc1ccc(-c2nc3ccccc3o2)cc1)c1ccc(N2CCCC2)c([N+](=O)[O-])c1. The monoisotopic (exact) mass is 428 g/mol. The fraction of sp³-hybridized carbons (Fsp3) is 0.167. The average molecular weight is 428 g/mol. The lowest BCUT2D eigenvalue weighted by Crippen LogP contribution is -2.19. The largest absolute Gasteiger partial charge is 0.436 e. The first-order valence-electron chi connectivity index (χ1n) is 10.4. The second-order valence-electron chi connectivity index (χ2n) is 7.67. The third kappa shape index (κ3) is 3.78. The number of oxazole rings is 1. The van der Waals surface area contributed by atoms with Crippen molar-refractivity contribution in [2.24, 2.45) is 0 Å². The summed E-state index contributed by atoms with van der Waals surface area (Å²) in [4.78, 5) is 30.3. The fourth-order valence-corrected chi connectivity index (χ4v) is 3.93.